The van der Waals surface area contributed by atoms with E-state index in [9.17, 15) is 0 Å². The quantitative estimate of drug-likeness (QED) is 0.801. The molecule has 5 heteroatoms. The van der Waals surface area contributed by atoms with Gasteiger partial charge < -0.3 is 14.6 Å². The standard InChI is InChI=1S/C10H17N3O2/c1-8-12-10(13-15-8)7-14-6-9-2-4-11-5-3-9/h9,11H,2-7H2,1H3. The highest BCUT2D eigenvalue weighted by Gasteiger charge is 2.13. The van der Waals surface area contributed by atoms with Gasteiger partial charge in [0.2, 0.25) is 5.89 Å². The number of nitrogens with one attached hydrogen (secondary N) is 1. The van der Waals surface area contributed by atoms with Gasteiger partial charge in [0.25, 0.3) is 0 Å². The van der Waals surface area contributed by atoms with E-state index >= 15 is 0 Å². The van der Waals surface area contributed by atoms with Crippen LogP contribution in [0.25, 0.3) is 0 Å². The smallest absolute Gasteiger partial charge is 0.223 e. The van der Waals surface area contributed by atoms with Crippen molar-refractivity contribution >= 4 is 0 Å². The van der Waals surface area contributed by atoms with Crippen molar-refractivity contribution in [3.05, 3.63) is 11.7 Å². The Morgan fingerprint density at radius 1 is 1.47 bits per heavy atom. The van der Waals surface area contributed by atoms with Crippen LogP contribution in [0.3, 0.4) is 0 Å². The fourth-order valence-electron chi connectivity index (χ4n) is 1.77. The first kappa shape index (κ1) is 10.6. The average Bonchev–Trinajstić information content (AvgIpc) is 2.66. The van der Waals surface area contributed by atoms with E-state index in [1.165, 1.54) is 12.8 Å². The zero-order valence-corrected chi connectivity index (χ0v) is 9.03. The summed E-state index contributed by atoms with van der Waals surface area (Å²) in [7, 11) is 0. The minimum Gasteiger partial charge on any atom is -0.373 e. The van der Waals surface area contributed by atoms with E-state index in [0.29, 0.717) is 24.2 Å². The topological polar surface area (TPSA) is 60.2 Å². The van der Waals surface area contributed by atoms with Crippen molar-refractivity contribution in [1.29, 1.82) is 0 Å². The summed E-state index contributed by atoms with van der Waals surface area (Å²) in [5.74, 6) is 1.91. The van der Waals surface area contributed by atoms with E-state index in [2.05, 4.69) is 15.5 Å². The molecule has 1 aromatic heterocycles. The molecular formula is C10H17N3O2. The van der Waals surface area contributed by atoms with Crippen LogP contribution in [0.1, 0.15) is 24.6 Å². The lowest BCUT2D eigenvalue weighted by atomic mass is 9.99. The van der Waals surface area contributed by atoms with Gasteiger partial charge in [-0.3, -0.25) is 0 Å². The molecule has 2 heterocycles. The molecule has 0 aromatic carbocycles. The molecule has 5 nitrogen and oxygen atoms in total. The number of hydrogen-bond donors (Lipinski definition) is 1. The van der Waals surface area contributed by atoms with Crippen molar-refractivity contribution in [2.24, 2.45) is 5.92 Å². The molecule has 0 saturated carbocycles. The van der Waals surface area contributed by atoms with Crippen LogP contribution in [0.4, 0.5) is 0 Å². The molecular weight excluding hydrogens is 194 g/mol. The minimum absolute atomic E-state index is 0.460. The molecule has 0 amide bonds. The second-order valence-corrected chi connectivity index (χ2v) is 3.94. The lowest BCUT2D eigenvalue weighted by Crippen LogP contribution is -2.29. The SMILES string of the molecule is Cc1nc(COCC2CCNCC2)no1. The van der Waals surface area contributed by atoms with Gasteiger partial charge in [-0.1, -0.05) is 5.16 Å². The normalized spacial score (nSPS) is 18.2. The van der Waals surface area contributed by atoms with Crippen molar-refractivity contribution in [3.8, 4) is 0 Å². The highest BCUT2D eigenvalue weighted by Crippen LogP contribution is 2.12. The summed E-state index contributed by atoms with van der Waals surface area (Å²) in [5.41, 5.74) is 0. The van der Waals surface area contributed by atoms with Crippen LogP contribution in [-0.4, -0.2) is 29.8 Å². The van der Waals surface area contributed by atoms with Crippen molar-refractivity contribution in [2.75, 3.05) is 19.7 Å². The second kappa shape index (κ2) is 5.23. The van der Waals surface area contributed by atoms with Crippen LogP contribution in [0.15, 0.2) is 4.52 Å². The molecule has 1 fully saturated rings. The zero-order valence-electron chi connectivity index (χ0n) is 9.03. The minimum atomic E-state index is 0.460. The van der Waals surface area contributed by atoms with E-state index in [1.807, 2.05) is 0 Å². The van der Waals surface area contributed by atoms with Gasteiger partial charge in [-0.25, -0.2) is 0 Å². The zero-order chi connectivity index (χ0) is 10.5. The predicted molar refractivity (Wildman–Crippen MR) is 54.3 cm³/mol. The number of hydrogen-bond acceptors (Lipinski definition) is 5. The van der Waals surface area contributed by atoms with Gasteiger partial charge in [0.15, 0.2) is 5.82 Å². The Kier molecular flexibility index (Phi) is 3.69. The largest absolute Gasteiger partial charge is 0.373 e. The Morgan fingerprint density at radius 2 is 2.27 bits per heavy atom. The van der Waals surface area contributed by atoms with Gasteiger partial charge in [0.05, 0.1) is 6.61 Å². The predicted octanol–water partition coefficient (Wildman–Crippen LogP) is 0.894. The van der Waals surface area contributed by atoms with E-state index < -0.39 is 0 Å². The summed E-state index contributed by atoms with van der Waals surface area (Å²) >= 11 is 0. The van der Waals surface area contributed by atoms with Crippen LogP contribution in [0.5, 0.6) is 0 Å². The fraction of sp³-hybridized carbons (Fsp3) is 0.800. The summed E-state index contributed by atoms with van der Waals surface area (Å²) in [6.45, 7) is 5.25. The van der Waals surface area contributed by atoms with Crippen LogP contribution in [0, 0.1) is 12.8 Å². The number of aromatic nitrogens is 2. The van der Waals surface area contributed by atoms with E-state index in [1.54, 1.807) is 6.92 Å². The second-order valence-electron chi connectivity index (χ2n) is 3.94. The van der Waals surface area contributed by atoms with Crippen molar-refractivity contribution in [1.82, 2.24) is 15.5 Å². The summed E-state index contributed by atoms with van der Waals surface area (Å²) in [6.07, 6.45) is 2.40. The third kappa shape index (κ3) is 3.28. The van der Waals surface area contributed by atoms with Gasteiger partial charge in [-0.05, 0) is 31.8 Å². The van der Waals surface area contributed by atoms with Crippen LogP contribution >= 0.6 is 0 Å². The molecule has 0 radical (unpaired) electrons. The molecule has 1 aromatic rings. The summed E-state index contributed by atoms with van der Waals surface area (Å²) in [5, 5.41) is 7.11. The molecule has 0 aliphatic carbocycles. The van der Waals surface area contributed by atoms with Gasteiger partial charge in [0, 0.05) is 6.92 Å². The third-order valence-corrected chi connectivity index (χ3v) is 2.61. The molecule has 0 spiro atoms. The molecule has 2 rings (SSSR count). The Hall–Kier alpha value is -0.940. The maximum atomic E-state index is 5.56. The molecule has 0 bridgehead atoms. The third-order valence-electron chi connectivity index (χ3n) is 2.61. The molecule has 0 atom stereocenters. The molecule has 1 aliphatic heterocycles. The first-order chi connectivity index (χ1) is 7.34. The Labute approximate surface area is 89.2 Å². The Balaban J connectivity index is 1.65. The number of piperidine rings is 1. The highest BCUT2D eigenvalue weighted by atomic mass is 16.5. The molecule has 15 heavy (non-hydrogen) atoms. The number of ether oxygens (including phenoxy) is 1. The average molecular weight is 211 g/mol. The van der Waals surface area contributed by atoms with Crippen molar-refractivity contribution in [3.63, 3.8) is 0 Å². The van der Waals surface area contributed by atoms with E-state index in [4.69, 9.17) is 9.26 Å². The number of aryl methyl sites for hydroxylation is 1. The summed E-state index contributed by atoms with van der Waals surface area (Å²) in [4.78, 5) is 4.08. The van der Waals surface area contributed by atoms with Crippen LogP contribution in [0.2, 0.25) is 0 Å². The molecule has 1 N–H and O–H groups in total. The molecule has 0 unspecified atom stereocenters. The van der Waals surface area contributed by atoms with Crippen LogP contribution in [-0.2, 0) is 11.3 Å². The summed E-state index contributed by atoms with van der Waals surface area (Å²) < 4.78 is 10.4. The van der Waals surface area contributed by atoms with E-state index in [0.717, 1.165) is 19.7 Å². The van der Waals surface area contributed by atoms with E-state index in [-0.39, 0.29) is 0 Å². The number of rotatable bonds is 4. The maximum absolute atomic E-state index is 5.56. The van der Waals surface area contributed by atoms with Gasteiger partial charge in [-0.15, -0.1) is 0 Å². The molecule has 84 valence electrons. The summed E-state index contributed by atoms with van der Waals surface area (Å²) in [6, 6.07) is 0. The Bertz CT molecular complexity index is 295. The van der Waals surface area contributed by atoms with Crippen molar-refractivity contribution in [2.45, 2.75) is 26.4 Å². The first-order valence-electron chi connectivity index (χ1n) is 5.42. The molecule has 1 saturated heterocycles. The fourth-order valence-corrected chi connectivity index (χ4v) is 1.77. The maximum Gasteiger partial charge on any atom is 0.223 e. The Morgan fingerprint density at radius 3 is 2.93 bits per heavy atom. The van der Waals surface area contributed by atoms with Gasteiger partial charge in [0.1, 0.15) is 6.61 Å². The monoisotopic (exact) mass is 211 g/mol. The molecule has 1 aliphatic rings. The lowest BCUT2D eigenvalue weighted by molar-refractivity contribution is 0.0711. The number of nitrogens with zero attached hydrogens (tertiary/aromatic N) is 2. The van der Waals surface area contributed by atoms with Crippen molar-refractivity contribution < 1.29 is 9.26 Å². The first-order valence-corrected chi connectivity index (χ1v) is 5.42. The van der Waals surface area contributed by atoms with Crippen LogP contribution < -0.4 is 5.32 Å². The van der Waals surface area contributed by atoms with Gasteiger partial charge >= 0.3 is 0 Å². The lowest BCUT2D eigenvalue weighted by Gasteiger charge is -2.21. The highest BCUT2D eigenvalue weighted by molar-refractivity contribution is 4.80. The van der Waals surface area contributed by atoms with Gasteiger partial charge in [-0.2, -0.15) is 4.98 Å².